The van der Waals surface area contributed by atoms with Crippen LogP contribution in [0.2, 0.25) is 0 Å². The molecule has 4 saturated carbocycles. The molecule has 0 unspecified atom stereocenters. The van der Waals surface area contributed by atoms with Crippen molar-refractivity contribution in [3.8, 4) is 0 Å². The molecule has 5 heteroatoms. The molecule has 5 nitrogen and oxygen atoms in total. The minimum absolute atomic E-state index is 0.0753. The standard InChI is InChI=1S/C22H28N2O.C5H9NO.C2H6/c1-2-3-17-13-23-20-5-4-18(9-19(17)20)24-21(25)22-10-14-6-15(11-22)8-16(7-14)12-22;7-5-6-3-1-2-4-6;1-2/h4-5,9,13-16,23H,2-3,6-8,10-12H2,1H3,(H,24,25);5H,1-4H2;1-2H3. The van der Waals surface area contributed by atoms with Gasteiger partial charge in [-0.1, -0.05) is 27.2 Å². The van der Waals surface area contributed by atoms with Crippen LogP contribution < -0.4 is 5.32 Å². The van der Waals surface area contributed by atoms with Gasteiger partial charge < -0.3 is 15.2 Å². The summed E-state index contributed by atoms with van der Waals surface area (Å²) in [5, 5.41) is 4.55. The van der Waals surface area contributed by atoms with E-state index in [0.29, 0.717) is 5.91 Å². The first-order valence-corrected chi connectivity index (χ1v) is 13.7. The molecular formula is C29H43N3O2. The van der Waals surface area contributed by atoms with E-state index in [2.05, 4.69) is 35.6 Å². The lowest BCUT2D eigenvalue weighted by molar-refractivity contribution is -0.140. The Bertz CT molecular complexity index is 938. The average Bonchev–Trinajstić information content (AvgIpc) is 3.50. The molecule has 0 radical (unpaired) electrons. The summed E-state index contributed by atoms with van der Waals surface area (Å²) in [6, 6.07) is 6.31. The van der Waals surface area contributed by atoms with Gasteiger partial charge in [-0.2, -0.15) is 0 Å². The number of nitrogens with zero attached hydrogens (tertiary/aromatic N) is 1. The highest BCUT2D eigenvalue weighted by molar-refractivity contribution is 5.98. The lowest BCUT2D eigenvalue weighted by Gasteiger charge is -2.55. The van der Waals surface area contributed by atoms with Crippen LogP contribution in [0.5, 0.6) is 0 Å². The van der Waals surface area contributed by atoms with E-state index in [1.165, 1.54) is 43.1 Å². The first kappa shape index (κ1) is 24.8. The van der Waals surface area contributed by atoms with Crippen molar-refractivity contribution in [1.29, 1.82) is 0 Å². The Labute approximate surface area is 205 Å². The van der Waals surface area contributed by atoms with Crippen LogP contribution in [-0.4, -0.2) is 35.3 Å². The van der Waals surface area contributed by atoms with Gasteiger partial charge >= 0.3 is 0 Å². The van der Waals surface area contributed by atoms with Crippen molar-refractivity contribution in [3.63, 3.8) is 0 Å². The zero-order valence-corrected chi connectivity index (χ0v) is 21.4. The quantitative estimate of drug-likeness (QED) is 0.492. The molecule has 1 aromatic heterocycles. The van der Waals surface area contributed by atoms with Crippen molar-refractivity contribution in [1.82, 2.24) is 9.88 Å². The van der Waals surface area contributed by atoms with Gasteiger partial charge in [0.25, 0.3) is 0 Å². The van der Waals surface area contributed by atoms with Gasteiger partial charge in [-0.15, -0.1) is 0 Å². The van der Waals surface area contributed by atoms with Crippen molar-refractivity contribution in [2.45, 2.75) is 85.0 Å². The van der Waals surface area contributed by atoms with Crippen LogP contribution in [0.4, 0.5) is 5.69 Å². The maximum atomic E-state index is 13.2. The summed E-state index contributed by atoms with van der Waals surface area (Å²) in [6.07, 6.45) is 15.1. The fourth-order valence-corrected chi connectivity index (χ4v) is 7.23. The van der Waals surface area contributed by atoms with Crippen LogP contribution in [0.3, 0.4) is 0 Å². The van der Waals surface area contributed by atoms with Gasteiger partial charge in [-0.05, 0) is 99.3 Å². The van der Waals surface area contributed by atoms with Crippen LogP contribution >= 0.6 is 0 Å². The maximum absolute atomic E-state index is 13.2. The molecule has 4 aliphatic carbocycles. The van der Waals surface area contributed by atoms with E-state index in [9.17, 15) is 9.59 Å². The largest absolute Gasteiger partial charge is 0.361 e. The van der Waals surface area contributed by atoms with E-state index in [1.807, 2.05) is 19.9 Å². The number of anilines is 1. The molecule has 186 valence electrons. The minimum atomic E-state index is -0.0753. The lowest BCUT2D eigenvalue weighted by atomic mass is 9.49. The van der Waals surface area contributed by atoms with Crippen LogP contribution in [0.25, 0.3) is 10.9 Å². The number of likely N-dealkylation sites (tertiary alicyclic amines) is 1. The molecular weight excluding hydrogens is 422 g/mol. The van der Waals surface area contributed by atoms with Gasteiger partial charge in [0.2, 0.25) is 12.3 Å². The Balaban J connectivity index is 0.000000260. The highest BCUT2D eigenvalue weighted by Gasteiger charge is 2.54. The summed E-state index contributed by atoms with van der Waals surface area (Å²) in [6.45, 7) is 8.16. The Morgan fingerprint density at radius 3 is 2.24 bits per heavy atom. The summed E-state index contributed by atoms with van der Waals surface area (Å²) in [5.74, 6) is 2.71. The maximum Gasteiger partial charge on any atom is 0.230 e. The molecule has 2 aromatic rings. The Kier molecular flexibility index (Phi) is 8.00. The molecule has 7 rings (SSSR count). The van der Waals surface area contributed by atoms with Gasteiger partial charge in [0.05, 0.1) is 5.41 Å². The molecule has 5 aliphatic rings. The molecule has 1 aromatic carbocycles. The third kappa shape index (κ3) is 5.18. The summed E-state index contributed by atoms with van der Waals surface area (Å²) in [4.78, 5) is 28.3. The van der Waals surface area contributed by atoms with Crippen LogP contribution in [-0.2, 0) is 16.0 Å². The van der Waals surface area contributed by atoms with Crippen LogP contribution in [0.1, 0.15) is 84.1 Å². The Hall–Kier alpha value is -2.30. The second kappa shape index (κ2) is 11.0. The van der Waals surface area contributed by atoms with Gasteiger partial charge in [0.1, 0.15) is 0 Å². The van der Waals surface area contributed by atoms with Crippen molar-refractivity contribution in [2.24, 2.45) is 23.2 Å². The third-order valence-electron chi connectivity index (χ3n) is 8.35. The van der Waals surface area contributed by atoms with Crippen molar-refractivity contribution < 1.29 is 9.59 Å². The molecule has 34 heavy (non-hydrogen) atoms. The van der Waals surface area contributed by atoms with E-state index >= 15 is 0 Å². The van der Waals surface area contributed by atoms with E-state index in [0.717, 1.165) is 80.6 Å². The van der Waals surface area contributed by atoms with E-state index in [-0.39, 0.29) is 5.41 Å². The van der Waals surface area contributed by atoms with Crippen LogP contribution in [0, 0.1) is 23.2 Å². The van der Waals surface area contributed by atoms with Crippen LogP contribution in [0.15, 0.2) is 24.4 Å². The number of amides is 2. The molecule has 2 N–H and O–H groups in total. The summed E-state index contributed by atoms with van der Waals surface area (Å²) in [5.41, 5.74) is 3.40. The number of nitrogens with one attached hydrogen (secondary N) is 2. The minimum Gasteiger partial charge on any atom is -0.361 e. The smallest absolute Gasteiger partial charge is 0.230 e. The molecule has 0 spiro atoms. The lowest BCUT2D eigenvalue weighted by Crippen LogP contribution is -2.51. The molecule has 4 bridgehead atoms. The molecule has 5 fully saturated rings. The van der Waals surface area contributed by atoms with Crippen molar-refractivity contribution in [2.75, 3.05) is 18.4 Å². The van der Waals surface area contributed by atoms with Crippen molar-refractivity contribution >= 4 is 28.9 Å². The molecule has 2 amide bonds. The predicted octanol–water partition coefficient (Wildman–Crippen LogP) is 6.54. The van der Waals surface area contributed by atoms with E-state index in [4.69, 9.17) is 0 Å². The monoisotopic (exact) mass is 465 g/mol. The molecule has 0 atom stereocenters. The zero-order chi connectivity index (χ0) is 24.1. The molecule has 1 saturated heterocycles. The topological polar surface area (TPSA) is 65.2 Å². The number of hydrogen-bond donors (Lipinski definition) is 2. The fraction of sp³-hybridized carbons (Fsp3) is 0.655. The SMILES string of the molecule is CC.CCCc1c[nH]c2ccc(NC(=O)C34CC5CC(CC(C5)C3)C4)cc12.O=CN1CCCC1. The second-order valence-corrected chi connectivity index (χ2v) is 10.8. The van der Waals surface area contributed by atoms with Gasteiger partial charge in [-0.25, -0.2) is 0 Å². The van der Waals surface area contributed by atoms with Crippen molar-refractivity contribution in [3.05, 3.63) is 30.0 Å². The number of benzene rings is 1. The Morgan fingerprint density at radius 1 is 1.09 bits per heavy atom. The summed E-state index contributed by atoms with van der Waals surface area (Å²) < 4.78 is 0. The number of carbonyl (C=O) groups excluding carboxylic acids is 2. The number of H-pyrrole nitrogens is 1. The van der Waals surface area contributed by atoms with E-state index < -0.39 is 0 Å². The first-order valence-electron chi connectivity index (χ1n) is 13.7. The highest BCUT2D eigenvalue weighted by atomic mass is 16.2. The van der Waals surface area contributed by atoms with E-state index in [1.54, 1.807) is 4.90 Å². The number of aryl methyl sites for hydroxylation is 1. The number of aromatic amines is 1. The Morgan fingerprint density at radius 2 is 1.71 bits per heavy atom. The van der Waals surface area contributed by atoms with Gasteiger partial charge in [-0.3, -0.25) is 9.59 Å². The van der Waals surface area contributed by atoms with Gasteiger partial charge in [0, 0.05) is 35.9 Å². The number of fused-ring (bicyclic) bond motifs is 1. The first-order chi connectivity index (χ1) is 16.6. The summed E-state index contributed by atoms with van der Waals surface area (Å²) >= 11 is 0. The number of aromatic nitrogens is 1. The zero-order valence-electron chi connectivity index (χ0n) is 21.4. The van der Waals surface area contributed by atoms with Gasteiger partial charge in [0.15, 0.2) is 0 Å². The molecule has 2 heterocycles. The highest BCUT2D eigenvalue weighted by Crippen LogP contribution is 2.60. The average molecular weight is 466 g/mol. The number of carbonyl (C=O) groups is 2. The normalized spacial score (nSPS) is 28.7. The fourth-order valence-electron chi connectivity index (χ4n) is 7.23. The summed E-state index contributed by atoms with van der Waals surface area (Å²) in [7, 11) is 0. The number of rotatable bonds is 5. The third-order valence-corrected chi connectivity index (χ3v) is 8.35. The number of hydrogen-bond acceptors (Lipinski definition) is 2. The second-order valence-electron chi connectivity index (χ2n) is 10.8. The predicted molar refractivity (Wildman–Crippen MR) is 140 cm³/mol. The molecule has 1 aliphatic heterocycles.